The van der Waals surface area contributed by atoms with Crippen LogP contribution in [0.1, 0.15) is 37.3 Å². The van der Waals surface area contributed by atoms with E-state index in [0.29, 0.717) is 25.0 Å². The summed E-state index contributed by atoms with van der Waals surface area (Å²) in [6, 6.07) is 12.3. The largest absolute Gasteiger partial charge is 0.430 e. The van der Waals surface area contributed by atoms with Gasteiger partial charge in [-0.1, -0.05) is 55.8 Å². The highest BCUT2D eigenvalue weighted by Crippen LogP contribution is 2.50. The first-order valence-electron chi connectivity index (χ1n) is 9.72. The number of rotatable bonds is 8. The topological polar surface area (TPSA) is 40.5 Å². The molecule has 0 saturated carbocycles. The van der Waals surface area contributed by atoms with Crippen molar-refractivity contribution in [1.29, 1.82) is 0 Å². The Kier molecular flexibility index (Phi) is 7.75. The Balaban J connectivity index is 2.28. The van der Waals surface area contributed by atoms with Crippen LogP contribution in [0, 0.1) is 0 Å². The normalized spacial score (nSPS) is 12.6. The molecule has 31 heavy (non-hydrogen) atoms. The summed E-state index contributed by atoms with van der Waals surface area (Å²) in [4.78, 5) is 14.1. The summed E-state index contributed by atoms with van der Waals surface area (Å²) in [5, 5.41) is 9.52. The number of unbranched alkanes of at least 4 members (excludes halogenated alkanes) is 1. The third-order valence-corrected chi connectivity index (χ3v) is 4.92. The minimum absolute atomic E-state index is 0.129. The Morgan fingerprint density at radius 2 is 1.45 bits per heavy atom. The number of nitrogens with zero attached hydrogens (tertiary/aromatic N) is 1. The number of amides is 1. The molecule has 0 saturated heterocycles. The van der Waals surface area contributed by atoms with E-state index in [1.807, 2.05) is 37.3 Å². The predicted octanol–water partition coefficient (Wildman–Crippen LogP) is 5.76. The van der Waals surface area contributed by atoms with Crippen molar-refractivity contribution in [2.75, 3.05) is 11.4 Å². The van der Waals surface area contributed by atoms with Crippen LogP contribution in [-0.2, 0) is 16.8 Å². The summed E-state index contributed by atoms with van der Waals surface area (Å²) in [6.07, 6.45) is -10.00. The summed E-state index contributed by atoms with van der Waals surface area (Å²) in [6.45, 7) is 2.16. The van der Waals surface area contributed by atoms with Gasteiger partial charge in [-0.05, 0) is 30.5 Å². The fourth-order valence-corrected chi connectivity index (χ4v) is 3.12. The molecule has 2 rings (SSSR count). The van der Waals surface area contributed by atoms with E-state index in [0.717, 1.165) is 24.1 Å². The standard InChI is InChI=1S/C22H23F6NO2/c1-2-3-15-29(19(30)14-9-16-7-5-4-6-8-16)18-12-10-17(11-13-18)20(31,21(23,24)25)22(26,27)28/h4-8,10-13,31H,2-3,9,14-15H2,1H3. The minimum Gasteiger partial charge on any atom is -0.369 e. The van der Waals surface area contributed by atoms with Crippen LogP contribution in [-0.4, -0.2) is 29.9 Å². The van der Waals surface area contributed by atoms with E-state index in [4.69, 9.17) is 0 Å². The van der Waals surface area contributed by atoms with Gasteiger partial charge in [0.15, 0.2) is 0 Å². The van der Waals surface area contributed by atoms with Crippen molar-refractivity contribution in [3.05, 3.63) is 65.7 Å². The van der Waals surface area contributed by atoms with Gasteiger partial charge in [-0.3, -0.25) is 4.79 Å². The first-order valence-corrected chi connectivity index (χ1v) is 9.72. The number of hydrogen-bond donors (Lipinski definition) is 1. The molecule has 0 bridgehead atoms. The highest BCUT2D eigenvalue weighted by Gasteiger charge is 2.71. The molecule has 0 unspecified atom stereocenters. The molecule has 0 radical (unpaired) electrons. The van der Waals surface area contributed by atoms with Gasteiger partial charge < -0.3 is 10.0 Å². The van der Waals surface area contributed by atoms with Crippen LogP contribution >= 0.6 is 0 Å². The quantitative estimate of drug-likeness (QED) is 0.523. The third kappa shape index (κ3) is 5.58. The molecule has 1 N–H and O–H groups in total. The zero-order chi connectivity index (χ0) is 23.3. The van der Waals surface area contributed by atoms with E-state index in [1.165, 1.54) is 4.90 Å². The maximum atomic E-state index is 13.1. The van der Waals surface area contributed by atoms with E-state index in [9.17, 15) is 36.2 Å². The van der Waals surface area contributed by atoms with Crippen LogP contribution in [0.15, 0.2) is 54.6 Å². The van der Waals surface area contributed by atoms with Crippen LogP contribution in [0.3, 0.4) is 0 Å². The van der Waals surface area contributed by atoms with Crippen molar-refractivity contribution in [2.24, 2.45) is 0 Å². The van der Waals surface area contributed by atoms with Crippen molar-refractivity contribution in [3.8, 4) is 0 Å². The van der Waals surface area contributed by atoms with Gasteiger partial charge in [-0.25, -0.2) is 0 Å². The second kappa shape index (κ2) is 9.72. The van der Waals surface area contributed by atoms with Crippen LogP contribution in [0.5, 0.6) is 0 Å². The minimum atomic E-state index is -5.96. The first kappa shape index (κ1) is 24.7. The molecule has 1 amide bonds. The van der Waals surface area contributed by atoms with Gasteiger partial charge in [0.25, 0.3) is 5.60 Å². The average molecular weight is 447 g/mol. The monoisotopic (exact) mass is 447 g/mol. The van der Waals surface area contributed by atoms with Crippen molar-refractivity contribution in [2.45, 2.75) is 50.6 Å². The van der Waals surface area contributed by atoms with Crippen LogP contribution in [0.2, 0.25) is 0 Å². The molecule has 0 aliphatic heterocycles. The lowest BCUT2D eigenvalue weighted by atomic mass is 9.92. The molecule has 0 spiro atoms. The number of carbonyl (C=O) groups is 1. The summed E-state index contributed by atoms with van der Waals surface area (Å²) in [5.74, 6) is -0.299. The zero-order valence-electron chi connectivity index (χ0n) is 16.8. The van der Waals surface area contributed by atoms with Gasteiger partial charge in [0.05, 0.1) is 0 Å². The average Bonchev–Trinajstić information content (AvgIpc) is 2.71. The number of carbonyl (C=O) groups excluding carboxylic acids is 1. The molecule has 0 atom stereocenters. The molecule has 9 heteroatoms. The number of benzene rings is 2. The summed E-state index contributed by atoms with van der Waals surface area (Å²) < 4.78 is 78.4. The summed E-state index contributed by atoms with van der Waals surface area (Å²) >= 11 is 0. The van der Waals surface area contributed by atoms with Crippen molar-refractivity contribution in [3.63, 3.8) is 0 Å². The predicted molar refractivity (Wildman–Crippen MR) is 104 cm³/mol. The second-order valence-corrected chi connectivity index (χ2v) is 7.14. The molecule has 0 aliphatic rings. The lowest BCUT2D eigenvalue weighted by molar-refractivity contribution is -0.376. The Bertz CT molecular complexity index is 833. The lowest BCUT2D eigenvalue weighted by Crippen LogP contribution is -2.53. The second-order valence-electron chi connectivity index (χ2n) is 7.14. The van der Waals surface area contributed by atoms with Gasteiger partial charge in [-0.2, -0.15) is 26.3 Å². The van der Waals surface area contributed by atoms with Gasteiger partial charge in [0.1, 0.15) is 0 Å². The van der Waals surface area contributed by atoms with Gasteiger partial charge in [-0.15, -0.1) is 0 Å². The van der Waals surface area contributed by atoms with E-state index < -0.39 is 23.5 Å². The molecule has 2 aromatic rings. The maximum Gasteiger partial charge on any atom is 0.430 e. The maximum absolute atomic E-state index is 13.1. The number of aliphatic hydroxyl groups is 1. The summed E-state index contributed by atoms with van der Waals surface area (Å²) in [7, 11) is 0. The van der Waals surface area contributed by atoms with Gasteiger partial charge in [0.2, 0.25) is 5.91 Å². The fourth-order valence-electron chi connectivity index (χ4n) is 3.12. The molecule has 3 nitrogen and oxygen atoms in total. The summed E-state index contributed by atoms with van der Waals surface area (Å²) in [5.41, 5.74) is -5.25. The van der Waals surface area contributed by atoms with E-state index >= 15 is 0 Å². The third-order valence-electron chi connectivity index (χ3n) is 4.92. The number of aryl methyl sites for hydroxylation is 1. The molecule has 0 heterocycles. The SMILES string of the molecule is CCCCN(C(=O)CCc1ccccc1)c1ccc(C(O)(C(F)(F)F)C(F)(F)F)cc1. The molecule has 0 fully saturated rings. The highest BCUT2D eigenvalue weighted by atomic mass is 19.4. The Labute approximate surface area is 176 Å². The lowest BCUT2D eigenvalue weighted by Gasteiger charge is -2.33. The van der Waals surface area contributed by atoms with E-state index in [2.05, 4.69) is 0 Å². The Morgan fingerprint density at radius 1 is 0.903 bits per heavy atom. The zero-order valence-corrected chi connectivity index (χ0v) is 16.8. The smallest absolute Gasteiger partial charge is 0.369 e. The molecule has 2 aromatic carbocycles. The van der Waals surface area contributed by atoms with E-state index in [1.54, 1.807) is 0 Å². The molecule has 170 valence electrons. The van der Waals surface area contributed by atoms with E-state index in [-0.39, 0.29) is 24.6 Å². The highest BCUT2D eigenvalue weighted by molar-refractivity contribution is 5.93. The molecule has 0 aliphatic carbocycles. The number of alkyl halides is 6. The Hall–Kier alpha value is -2.55. The van der Waals surface area contributed by atoms with Crippen LogP contribution in [0.25, 0.3) is 0 Å². The van der Waals surface area contributed by atoms with Crippen molar-refractivity contribution in [1.82, 2.24) is 0 Å². The van der Waals surface area contributed by atoms with Crippen LogP contribution < -0.4 is 4.90 Å². The van der Waals surface area contributed by atoms with Crippen LogP contribution in [0.4, 0.5) is 32.0 Å². The molecular weight excluding hydrogens is 424 g/mol. The molecular formula is C22H23F6NO2. The van der Waals surface area contributed by atoms with Crippen molar-refractivity contribution >= 4 is 11.6 Å². The molecule has 0 aromatic heterocycles. The Morgan fingerprint density at radius 3 is 1.94 bits per heavy atom. The van der Waals surface area contributed by atoms with Gasteiger partial charge in [0, 0.05) is 24.2 Å². The first-order chi connectivity index (χ1) is 14.4. The number of anilines is 1. The van der Waals surface area contributed by atoms with Crippen molar-refractivity contribution < 1.29 is 36.2 Å². The number of hydrogen-bond acceptors (Lipinski definition) is 2. The fraction of sp³-hybridized carbons (Fsp3) is 0.409. The number of halogens is 6. The van der Waals surface area contributed by atoms with Gasteiger partial charge >= 0.3 is 12.4 Å².